The van der Waals surface area contributed by atoms with Crippen molar-refractivity contribution in [3.8, 4) is 0 Å². The second-order valence-corrected chi connectivity index (χ2v) is 2.74. The zero-order chi connectivity index (χ0) is 9.56. The molecular weight excluding hydrogens is 223 g/mol. The number of rotatable bonds is 5. The Kier molecular flexibility index (Phi) is 9.47. The summed E-state index contributed by atoms with van der Waals surface area (Å²) >= 11 is 0. The molecule has 0 aliphatic heterocycles. The first-order valence-corrected chi connectivity index (χ1v) is 4.05. The van der Waals surface area contributed by atoms with E-state index in [1.165, 1.54) is 6.92 Å². The van der Waals surface area contributed by atoms with Crippen molar-refractivity contribution in [3.05, 3.63) is 0 Å². The molecule has 0 aromatic heterocycles. The summed E-state index contributed by atoms with van der Waals surface area (Å²) in [4.78, 5) is 20.8. The largest absolute Gasteiger partial charge is 0.481 e. The smallest absolute Gasteiger partial charge is 0.303 e. The quantitative estimate of drug-likeness (QED) is 0.695. The Labute approximate surface area is 90.8 Å². The van der Waals surface area contributed by atoms with Crippen molar-refractivity contribution in [3.63, 3.8) is 0 Å². The van der Waals surface area contributed by atoms with Gasteiger partial charge in [-0.05, 0) is 12.8 Å². The third-order valence-electron chi connectivity index (χ3n) is 1.61. The maximum Gasteiger partial charge on any atom is 0.303 e. The van der Waals surface area contributed by atoms with Crippen LogP contribution in [0.1, 0.15) is 33.1 Å². The van der Waals surface area contributed by atoms with Crippen molar-refractivity contribution in [1.82, 2.24) is 5.32 Å². The maximum atomic E-state index is 10.6. The topological polar surface area (TPSA) is 66.4 Å². The van der Waals surface area contributed by atoms with Gasteiger partial charge in [-0.25, -0.2) is 0 Å². The number of hydrogen-bond donors (Lipinski definition) is 2. The minimum Gasteiger partial charge on any atom is -0.481 e. The van der Waals surface area contributed by atoms with Gasteiger partial charge in [0.05, 0.1) is 0 Å². The van der Waals surface area contributed by atoms with Crippen molar-refractivity contribution < 1.29 is 34.2 Å². The zero-order valence-electron chi connectivity index (χ0n) is 8.17. The SMILES string of the molecule is CCC(CCC(=O)O)NC(C)=O.[Zn]. The molecular formula is C8H15NO3Zn. The standard InChI is InChI=1S/C8H15NO3.Zn/c1-3-7(9-6(2)10)4-5-8(11)12;/h7H,3-5H2,1-2H3,(H,9,10)(H,11,12);. The van der Waals surface area contributed by atoms with Crippen LogP contribution < -0.4 is 5.32 Å². The Bertz CT molecular complexity index is 173. The van der Waals surface area contributed by atoms with E-state index in [4.69, 9.17) is 5.11 Å². The molecule has 0 radical (unpaired) electrons. The summed E-state index contributed by atoms with van der Waals surface area (Å²) in [5.41, 5.74) is 0. The van der Waals surface area contributed by atoms with E-state index in [9.17, 15) is 9.59 Å². The van der Waals surface area contributed by atoms with Gasteiger partial charge >= 0.3 is 5.97 Å². The molecule has 0 rings (SSSR count). The minimum absolute atomic E-state index is 0. The molecule has 5 heteroatoms. The van der Waals surface area contributed by atoms with Crippen molar-refractivity contribution >= 4 is 11.9 Å². The molecule has 72 valence electrons. The average Bonchev–Trinajstić information content (AvgIpc) is 1.97. The van der Waals surface area contributed by atoms with Crippen LogP contribution in [-0.4, -0.2) is 23.0 Å². The Morgan fingerprint density at radius 1 is 1.46 bits per heavy atom. The van der Waals surface area contributed by atoms with Gasteiger partial charge in [0.25, 0.3) is 0 Å². The summed E-state index contributed by atoms with van der Waals surface area (Å²) < 4.78 is 0. The molecule has 0 saturated heterocycles. The first-order chi connectivity index (χ1) is 5.56. The van der Waals surface area contributed by atoms with Gasteiger partial charge in [0, 0.05) is 38.9 Å². The molecule has 0 aliphatic rings. The monoisotopic (exact) mass is 237 g/mol. The molecule has 0 aromatic carbocycles. The molecule has 4 nitrogen and oxygen atoms in total. The molecule has 1 amide bonds. The van der Waals surface area contributed by atoms with Crippen LogP contribution in [0.5, 0.6) is 0 Å². The summed E-state index contributed by atoms with van der Waals surface area (Å²) in [5, 5.41) is 11.1. The molecule has 0 saturated carbocycles. The summed E-state index contributed by atoms with van der Waals surface area (Å²) in [6, 6.07) is -0.00130. The van der Waals surface area contributed by atoms with Gasteiger partial charge in [0.1, 0.15) is 0 Å². The van der Waals surface area contributed by atoms with Crippen molar-refractivity contribution in [1.29, 1.82) is 0 Å². The third-order valence-corrected chi connectivity index (χ3v) is 1.61. The van der Waals surface area contributed by atoms with Crippen LogP contribution in [0.15, 0.2) is 0 Å². The van der Waals surface area contributed by atoms with Crippen LogP contribution in [0.2, 0.25) is 0 Å². The number of carbonyl (C=O) groups excluding carboxylic acids is 1. The van der Waals surface area contributed by atoms with E-state index in [1.54, 1.807) is 0 Å². The van der Waals surface area contributed by atoms with Crippen LogP contribution in [0.4, 0.5) is 0 Å². The molecule has 0 aliphatic carbocycles. The number of nitrogens with one attached hydrogen (secondary N) is 1. The number of hydrogen-bond acceptors (Lipinski definition) is 2. The average molecular weight is 239 g/mol. The maximum absolute atomic E-state index is 10.6. The Balaban J connectivity index is 0. The fraction of sp³-hybridized carbons (Fsp3) is 0.750. The normalized spacial score (nSPS) is 11.2. The van der Waals surface area contributed by atoms with Gasteiger partial charge in [0.15, 0.2) is 0 Å². The van der Waals surface area contributed by atoms with Gasteiger partial charge in [-0.2, -0.15) is 0 Å². The molecule has 1 atom stereocenters. The fourth-order valence-corrected chi connectivity index (χ4v) is 0.964. The summed E-state index contributed by atoms with van der Waals surface area (Å²) in [5.74, 6) is -0.925. The first-order valence-electron chi connectivity index (χ1n) is 4.05. The molecule has 13 heavy (non-hydrogen) atoms. The summed E-state index contributed by atoms with van der Waals surface area (Å²) in [7, 11) is 0. The first kappa shape index (κ1) is 15.1. The van der Waals surface area contributed by atoms with Crippen LogP contribution >= 0.6 is 0 Å². The van der Waals surface area contributed by atoms with Crippen molar-refractivity contribution in [2.45, 2.75) is 39.2 Å². The summed E-state index contributed by atoms with van der Waals surface area (Å²) in [6.45, 7) is 3.35. The molecule has 2 N–H and O–H groups in total. The van der Waals surface area contributed by atoms with Crippen molar-refractivity contribution in [2.24, 2.45) is 0 Å². The van der Waals surface area contributed by atoms with E-state index < -0.39 is 5.97 Å². The molecule has 0 heterocycles. The zero-order valence-corrected chi connectivity index (χ0v) is 11.1. The number of amides is 1. The summed E-state index contributed by atoms with van der Waals surface area (Å²) in [6.07, 6.45) is 1.39. The molecule has 0 spiro atoms. The van der Waals surface area contributed by atoms with E-state index >= 15 is 0 Å². The van der Waals surface area contributed by atoms with E-state index in [-0.39, 0.29) is 37.8 Å². The Morgan fingerprint density at radius 3 is 2.31 bits per heavy atom. The predicted molar refractivity (Wildman–Crippen MR) is 44.8 cm³/mol. The Morgan fingerprint density at radius 2 is 2.00 bits per heavy atom. The molecule has 0 aromatic rings. The van der Waals surface area contributed by atoms with Crippen molar-refractivity contribution in [2.75, 3.05) is 0 Å². The van der Waals surface area contributed by atoms with Crippen LogP contribution in [-0.2, 0) is 29.1 Å². The Hall–Kier alpha value is -0.437. The molecule has 1 unspecified atom stereocenters. The van der Waals surface area contributed by atoms with Crippen LogP contribution in [0.3, 0.4) is 0 Å². The van der Waals surface area contributed by atoms with E-state index in [1.807, 2.05) is 6.92 Å². The number of aliphatic carboxylic acids is 1. The molecule has 0 bridgehead atoms. The van der Waals surface area contributed by atoms with Crippen LogP contribution in [0, 0.1) is 0 Å². The van der Waals surface area contributed by atoms with E-state index in [2.05, 4.69) is 5.32 Å². The number of carboxylic acids is 1. The van der Waals surface area contributed by atoms with Gasteiger partial charge in [-0.3, -0.25) is 9.59 Å². The van der Waals surface area contributed by atoms with Crippen LogP contribution in [0.25, 0.3) is 0 Å². The predicted octanol–water partition coefficient (Wildman–Crippen LogP) is 0.763. The van der Waals surface area contributed by atoms with E-state index in [0.29, 0.717) is 6.42 Å². The number of carboxylic acid groups (broad SMARTS) is 1. The second kappa shape index (κ2) is 8.17. The van der Waals surface area contributed by atoms with Gasteiger partial charge in [-0.1, -0.05) is 6.92 Å². The van der Waals surface area contributed by atoms with Gasteiger partial charge in [0.2, 0.25) is 5.91 Å². The number of carbonyl (C=O) groups is 2. The van der Waals surface area contributed by atoms with Gasteiger partial charge in [-0.15, -0.1) is 0 Å². The second-order valence-electron chi connectivity index (χ2n) is 2.74. The third kappa shape index (κ3) is 9.48. The minimum atomic E-state index is -0.821. The molecule has 0 fully saturated rings. The van der Waals surface area contributed by atoms with Gasteiger partial charge < -0.3 is 10.4 Å². The fourth-order valence-electron chi connectivity index (χ4n) is 0.964. The van der Waals surface area contributed by atoms with E-state index in [0.717, 1.165) is 6.42 Å².